The molecule has 0 radical (unpaired) electrons. The number of aliphatic carboxylic acids is 1. The maximum Gasteiger partial charge on any atom is 0.416 e. The van der Waals surface area contributed by atoms with E-state index in [0.717, 1.165) is 29.3 Å². The Kier molecular flexibility index (Phi) is 3.71. The van der Waals surface area contributed by atoms with E-state index in [1.165, 1.54) is 6.92 Å². The molecular weight excluding hydrogens is 289 g/mol. The van der Waals surface area contributed by atoms with E-state index in [1.807, 2.05) is 0 Å². The van der Waals surface area contributed by atoms with Gasteiger partial charge < -0.3 is 5.11 Å². The molecule has 5 nitrogen and oxygen atoms in total. The molecule has 112 valence electrons. The second-order valence-electron chi connectivity index (χ2n) is 4.59. The highest BCUT2D eigenvalue weighted by Gasteiger charge is 2.36. The first-order valence-corrected chi connectivity index (χ1v) is 5.98. The lowest BCUT2D eigenvalue weighted by Crippen LogP contribution is -2.28. The highest BCUT2D eigenvalue weighted by molar-refractivity contribution is 6.16. The predicted molar refractivity (Wildman–Crippen MR) is 67.8 cm³/mol. The molecule has 0 saturated heterocycles. The van der Waals surface area contributed by atoms with E-state index < -0.39 is 36.0 Å². The molecule has 0 saturated carbocycles. The van der Waals surface area contributed by atoms with Crippen molar-refractivity contribution < 1.29 is 27.9 Å². The zero-order chi connectivity index (χ0) is 15.8. The molecule has 0 spiro atoms. The van der Waals surface area contributed by atoms with E-state index >= 15 is 0 Å². The molecule has 1 atom stereocenters. The number of hydrazone groups is 1. The lowest BCUT2D eigenvalue weighted by molar-refractivity contribution is -0.139. The average Bonchev–Trinajstić information content (AvgIpc) is 2.65. The van der Waals surface area contributed by atoms with E-state index in [2.05, 4.69) is 5.10 Å². The van der Waals surface area contributed by atoms with Crippen molar-refractivity contribution in [3.63, 3.8) is 0 Å². The van der Waals surface area contributed by atoms with Crippen molar-refractivity contribution in [3.8, 4) is 0 Å². The standard InChI is InChI=1S/C13H11F3N2O3/c1-7-10(6-11(19)20)12(21)18(17-7)9-4-2-8(3-5-9)13(14,15)16/h2-5,10H,6H2,1H3,(H,19,20). The molecule has 1 aromatic rings. The summed E-state index contributed by atoms with van der Waals surface area (Å²) < 4.78 is 37.4. The van der Waals surface area contributed by atoms with Crippen molar-refractivity contribution in [2.75, 3.05) is 5.01 Å². The van der Waals surface area contributed by atoms with Crippen molar-refractivity contribution in [1.82, 2.24) is 0 Å². The first kappa shape index (κ1) is 15.0. The van der Waals surface area contributed by atoms with Gasteiger partial charge in [-0.25, -0.2) is 5.01 Å². The van der Waals surface area contributed by atoms with E-state index in [9.17, 15) is 22.8 Å². The smallest absolute Gasteiger partial charge is 0.416 e. The lowest BCUT2D eigenvalue weighted by atomic mass is 10.0. The Morgan fingerprint density at radius 2 is 1.90 bits per heavy atom. The molecule has 0 aliphatic carbocycles. The molecule has 1 aromatic carbocycles. The van der Waals surface area contributed by atoms with Crippen LogP contribution in [-0.4, -0.2) is 22.7 Å². The van der Waals surface area contributed by atoms with Crippen LogP contribution < -0.4 is 5.01 Å². The van der Waals surface area contributed by atoms with E-state index in [1.54, 1.807) is 0 Å². The van der Waals surface area contributed by atoms with Crippen LogP contribution in [0.25, 0.3) is 0 Å². The summed E-state index contributed by atoms with van der Waals surface area (Å²) >= 11 is 0. The van der Waals surface area contributed by atoms with Crippen molar-refractivity contribution in [2.45, 2.75) is 19.5 Å². The summed E-state index contributed by atoms with van der Waals surface area (Å²) in [7, 11) is 0. The Morgan fingerprint density at radius 3 is 2.38 bits per heavy atom. The number of alkyl halides is 3. The van der Waals surface area contributed by atoms with Crippen LogP contribution in [0, 0.1) is 5.92 Å². The topological polar surface area (TPSA) is 70.0 Å². The molecule has 21 heavy (non-hydrogen) atoms. The fourth-order valence-corrected chi connectivity index (χ4v) is 1.99. The molecule has 1 N–H and O–H groups in total. The van der Waals surface area contributed by atoms with E-state index in [-0.39, 0.29) is 5.69 Å². The van der Waals surface area contributed by atoms with Gasteiger partial charge in [0, 0.05) is 5.71 Å². The van der Waals surface area contributed by atoms with Crippen LogP contribution in [0.15, 0.2) is 29.4 Å². The monoisotopic (exact) mass is 300 g/mol. The number of carboxylic acids is 1. The third kappa shape index (κ3) is 3.04. The minimum absolute atomic E-state index is 0.167. The maximum atomic E-state index is 12.5. The molecule has 8 heteroatoms. The van der Waals surface area contributed by atoms with Gasteiger partial charge in [0.1, 0.15) is 0 Å². The van der Waals surface area contributed by atoms with E-state index in [4.69, 9.17) is 5.11 Å². The van der Waals surface area contributed by atoms with Crippen molar-refractivity contribution in [3.05, 3.63) is 29.8 Å². The summed E-state index contributed by atoms with van der Waals surface area (Å²) in [5.74, 6) is -2.59. The molecule has 0 fully saturated rings. The highest BCUT2D eigenvalue weighted by Crippen LogP contribution is 2.32. The van der Waals surface area contributed by atoms with Gasteiger partial charge in [0.05, 0.1) is 23.6 Å². The summed E-state index contributed by atoms with van der Waals surface area (Å²) in [6, 6.07) is 3.94. The molecule has 2 rings (SSSR count). The minimum atomic E-state index is -4.46. The molecule has 1 unspecified atom stereocenters. The maximum absolute atomic E-state index is 12.5. The Labute approximate surface area is 117 Å². The number of carbonyl (C=O) groups is 2. The van der Waals surface area contributed by atoms with Crippen LogP contribution in [0.4, 0.5) is 18.9 Å². The molecule has 1 heterocycles. The largest absolute Gasteiger partial charge is 0.481 e. The SMILES string of the molecule is CC1=NN(c2ccc(C(F)(F)F)cc2)C(=O)C1CC(=O)O. The number of carboxylic acid groups (broad SMARTS) is 1. The number of anilines is 1. The lowest BCUT2D eigenvalue weighted by Gasteiger charge is -2.14. The second-order valence-corrected chi connectivity index (χ2v) is 4.59. The third-order valence-electron chi connectivity index (χ3n) is 3.09. The number of nitrogens with zero attached hydrogens (tertiary/aromatic N) is 2. The number of benzene rings is 1. The van der Waals surface area contributed by atoms with Crippen LogP contribution in [0.1, 0.15) is 18.9 Å². The zero-order valence-electron chi connectivity index (χ0n) is 10.9. The number of amides is 1. The predicted octanol–water partition coefficient (Wildman–Crippen LogP) is 2.52. The molecule has 1 aliphatic heterocycles. The van der Waals surface area contributed by atoms with Gasteiger partial charge in [-0.05, 0) is 31.2 Å². The number of carbonyl (C=O) groups excluding carboxylic acids is 1. The minimum Gasteiger partial charge on any atom is -0.481 e. The van der Waals surface area contributed by atoms with Gasteiger partial charge in [-0.1, -0.05) is 0 Å². The number of hydrogen-bond acceptors (Lipinski definition) is 3. The molecular formula is C13H11F3N2O3. The molecule has 1 aliphatic rings. The summed E-state index contributed by atoms with van der Waals surface area (Å²) in [5.41, 5.74) is -0.344. The first-order valence-electron chi connectivity index (χ1n) is 5.98. The normalized spacial score (nSPS) is 18.9. The zero-order valence-corrected chi connectivity index (χ0v) is 10.9. The average molecular weight is 300 g/mol. The van der Waals surface area contributed by atoms with Gasteiger partial charge in [-0.3, -0.25) is 9.59 Å². The quantitative estimate of drug-likeness (QED) is 0.932. The third-order valence-corrected chi connectivity index (χ3v) is 3.09. The molecule has 0 bridgehead atoms. The highest BCUT2D eigenvalue weighted by atomic mass is 19.4. The van der Waals surface area contributed by atoms with Crippen LogP contribution in [-0.2, 0) is 15.8 Å². The number of rotatable bonds is 3. The summed E-state index contributed by atoms with van der Waals surface area (Å²) in [5, 5.41) is 13.6. The fourth-order valence-electron chi connectivity index (χ4n) is 1.99. The number of hydrogen-bond donors (Lipinski definition) is 1. The van der Waals surface area contributed by atoms with Crippen molar-refractivity contribution >= 4 is 23.3 Å². The van der Waals surface area contributed by atoms with Gasteiger partial charge in [0.2, 0.25) is 0 Å². The van der Waals surface area contributed by atoms with Gasteiger partial charge in [0.25, 0.3) is 5.91 Å². The Balaban J connectivity index is 2.24. The van der Waals surface area contributed by atoms with Crippen molar-refractivity contribution in [2.24, 2.45) is 11.0 Å². The van der Waals surface area contributed by atoms with Crippen LogP contribution in [0.2, 0.25) is 0 Å². The van der Waals surface area contributed by atoms with Crippen LogP contribution in [0.5, 0.6) is 0 Å². The first-order chi connectivity index (χ1) is 9.70. The molecule has 0 aromatic heterocycles. The van der Waals surface area contributed by atoms with Gasteiger partial charge in [-0.2, -0.15) is 18.3 Å². The fraction of sp³-hybridized carbons (Fsp3) is 0.308. The number of halogens is 3. The Bertz CT molecular complexity index is 608. The summed E-state index contributed by atoms with van der Waals surface area (Å²) in [4.78, 5) is 22.8. The summed E-state index contributed by atoms with van der Waals surface area (Å²) in [6.07, 6.45) is -4.86. The Morgan fingerprint density at radius 1 is 1.33 bits per heavy atom. The van der Waals surface area contributed by atoms with Gasteiger partial charge in [-0.15, -0.1) is 0 Å². The van der Waals surface area contributed by atoms with Crippen molar-refractivity contribution in [1.29, 1.82) is 0 Å². The van der Waals surface area contributed by atoms with Gasteiger partial charge in [0.15, 0.2) is 0 Å². The van der Waals surface area contributed by atoms with E-state index in [0.29, 0.717) is 5.71 Å². The summed E-state index contributed by atoms with van der Waals surface area (Å²) in [6.45, 7) is 1.51. The van der Waals surface area contributed by atoms with Crippen LogP contribution >= 0.6 is 0 Å². The van der Waals surface area contributed by atoms with Gasteiger partial charge >= 0.3 is 12.1 Å². The molecule has 1 amide bonds. The van der Waals surface area contributed by atoms with Crippen LogP contribution in [0.3, 0.4) is 0 Å². The Hall–Kier alpha value is -2.38. The second kappa shape index (κ2) is 5.19.